The molecule has 0 aliphatic rings. The van der Waals surface area contributed by atoms with E-state index in [-0.39, 0.29) is 18.9 Å². The number of para-hydroxylation sites is 3. The zero-order chi connectivity index (χ0) is 21.2. The monoisotopic (exact) mass is 422 g/mol. The lowest BCUT2D eigenvalue weighted by Gasteiger charge is -2.12. The second-order valence-electron chi connectivity index (χ2n) is 6.36. The summed E-state index contributed by atoms with van der Waals surface area (Å²) in [5.74, 6) is 0.828. The summed E-state index contributed by atoms with van der Waals surface area (Å²) in [5, 5.41) is 3.84. The van der Waals surface area contributed by atoms with Crippen molar-refractivity contribution in [1.82, 2.24) is 4.72 Å². The van der Waals surface area contributed by atoms with Crippen LogP contribution in [0, 0.1) is 0 Å². The Bertz CT molecular complexity index is 1100. The first kappa shape index (κ1) is 21.3. The molecule has 30 heavy (non-hydrogen) atoms. The summed E-state index contributed by atoms with van der Waals surface area (Å²) in [6.45, 7) is -0.0188. The molecular formula is C23H22N2O4S. The Morgan fingerprint density at radius 1 is 0.867 bits per heavy atom. The first-order chi connectivity index (χ1) is 14.5. The number of carbonyl (C=O) groups is 1. The molecular weight excluding hydrogens is 400 g/mol. The van der Waals surface area contributed by atoms with Crippen LogP contribution in [0.25, 0.3) is 6.08 Å². The van der Waals surface area contributed by atoms with Gasteiger partial charge < -0.3 is 10.1 Å². The van der Waals surface area contributed by atoms with Crippen molar-refractivity contribution in [2.75, 3.05) is 11.9 Å². The summed E-state index contributed by atoms with van der Waals surface area (Å²) >= 11 is 0. The molecule has 0 unspecified atom stereocenters. The van der Waals surface area contributed by atoms with E-state index in [1.54, 1.807) is 36.4 Å². The minimum Gasteiger partial charge on any atom is -0.455 e. The van der Waals surface area contributed by atoms with Crippen LogP contribution in [-0.2, 0) is 14.8 Å². The third-order valence-electron chi connectivity index (χ3n) is 4.03. The van der Waals surface area contributed by atoms with E-state index in [9.17, 15) is 13.2 Å². The summed E-state index contributed by atoms with van der Waals surface area (Å²) in [6.07, 6.45) is 1.48. The van der Waals surface area contributed by atoms with Gasteiger partial charge in [-0.1, -0.05) is 60.7 Å². The molecule has 0 aliphatic carbocycles. The second kappa shape index (κ2) is 10.4. The molecule has 0 spiro atoms. The highest BCUT2D eigenvalue weighted by Crippen LogP contribution is 2.29. The lowest BCUT2D eigenvalue weighted by molar-refractivity contribution is -0.116. The lowest BCUT2D eigenvalue weighted by atomic mass is 10.2. The fourth-order valence-corrected chi connectivity index (χ4v) is 3.39. The number of benzene rings is 3. The van der Waals surface area contributed by atoms with Crippen molar-refractivity contribution in [3.8, 4) is 11.5 Å². The Hall–Kier alpha value is -3.42. The number of nitrogens with one attached hydrogen (secondary N) is 2. The topological polar surface area (TPSA) is 84.5 Å². The Morgan fingerprint density at radius 2 is 1.50 bits per heavy atom. The summed E-state index contributed by atoms with van der Waals surface area (Å²) in [5.41, 5.74) is 1.29. The molecule has 2 N–H and O–H groups in total. The zero-order valence-electron chi connectivity index (χ0n) is 16.2. The molecule has 3 rings (SSSR count). The fourth-order valence-electron chi connectivity index (χ4n) is 2.57. The SMILES string of the molecule is O=C(CCNS(=O)(=O)/C=C/c1ccccc1)Nc1ccccc1Oc1ccccc1. The van der Waals surface area contributed by atoms with Crippen LogP contribution in [0.5, 0.6) is 11.5 Å². The van der Waals surface area contributed by atoms with Gasteiger partial charge in [-0.3, -0.25) is 4.79 Å². The zero-order valence-corrected chi connectivity index (χ0v) is 17.0. The van der Waals surface area contributed by atoms with Crippen molar-refractivity contribution in [1.29, 1.82) is 0 Å². The van der Waals surface area contributed by atoms with Gasteiger partial charge in [0.15, 0.2) is 5.75 Å². The number of rotatable bonds is 9. The van der Waals surface area contributed by atoms with Crippen LogP contribution in [0.1, 0.15) is 12.0 Å². The summed E-state index contributed by atoms with van der Waals surface area (Å²) in [7, 11) is -3.63. The molecule has 7 heteroatoms. The lowest BCUT2D eigenvalue weighted by Crippen LogP contribution is -2.26. The highest BCUT2D eigenvalue weighted by atomic mass is 32.2. The molecule has 0 fully saturated rings. The molecule has 154 valence electrons. The van der Waals surface area contributed by atoms with Gasteiger partial charge in [0.25, 0.3) is 0 Å². The number of anilines is 1. The first-order valence-electron chi connectivity index (χ1n) is 9.36. The van der Waals surface area contributed by atoms with Gasteiger partial charge in [0, 0.05) is 18.4 Å². The minimum atomic E-state index is -3.63. The van der Waals surface area contributed by atoms with Gasteiger partial charge in [-0.15, -0.1) is 0 Å². The summed E-state index contributed by atoms with van der Waals surface area (Å²) in [4.78, 5) is 12.3. The number of carbonyl (C=O) groups excluding carboxylic acids is 1. The smallest absolute Gasteiger partial charge is 0.233 e. The van der Waals surface area contributed by atoms with Crippen molar-refractivity contribution < 1.29 is 17.9 Å². The van der Waals surface area contributed by atoms with Gasteiger partial charge >= 0.3 is 0 Å². The molecule has 0 radical (unpaired) electrons. The number of sulfonamides is 1. The molecule has 0 saturated heterocycles. The molecule has 0 aliphatic heterocycles. The van der Waals surface area contributed by atoms with Crippen LogP contribution >= 0.6 is 0 Å². The van der Waals surface area contributed by atoms with E-state index in [0.717, 1.165) is 11.0 Å². The molecule has 0 bridgehead atoms. The third-order valence-corrected chi connectivity index (χ3v) is 5.13. The first-order valence-corrected chi connectivity index (χ1v) is 10.9. The van der Waals surface area contributed by atoms with E-state index < -0.39 is 10.0 Å². The number of hydrogen-bond acceptors (Lipinski definition) is 4. The molecule has 0 saturated carbocycles. The van der Waals surface area contributed by atoms with Gasteiger partial charge in [-0.25, -0.2) is 13.1 Å². The van der Waals surface area contributed by atoms with E-state index in [1.807, 2.05) is 48.5 Å². The van der Waals surface area contributed by atoms with Crippen molar-refractivity contribution in [2.45, 2.75) is 6.42 Å². The van der Waals surface area contributed by atoms with Crippen molar-refractivity contribution in [2.24, 2.45) is 0 Å². The molecule has 1 amide bonds. The molecule has 0 atom stereocenters. The van der Waals surface area contributed by atoms with Crippen LogP contribution in [0.15, 0.2) is 90.3 Å². The Kier molecular flexibility index (Phi) is 7.37. The van der Waals surface area contributed by atoms with Crippen LogP contribution < -0.4 is 14.8 Å². The summed E-state index contributed by atoms with van der Waals surface area (Å²) < 4.78 is 32.3. The quantitative estimate of drug-likeness (QED) is 0.535. The van der Waals surface area contributed by atoms with Gasteiger partial charge in [-0.2, -0.15) is 0 Å². The van der Waals surface area contributed by atoms with E-state index in [1.165, 1.54) is 6.08 Å². The van der Waals surface area contributed by atoms with E-state index >= 15 is 0 Å². The maximum atomic E-state index is 12.3. The standard InChI is InChI=1S/C23H22N2O4S/c26-23(15-17-24-30(27,28)18-16-19-9-3-1-4-10-19)25-21-13-7-8-14-22(21)29-20-11-5-2-6-12-20/h1-14,16,18,24H,15,17H2,(H,25,26)/b18-16+. The normalized spacial score (nSPS) is 11.3. The highest BCUT2D eigenvalue weighted by Gasteiger charge is 2.10. The van der Waals surface area contributed by atoms with E-state index in [2.05, 4.69) is 10.0 Å². The van der Waals surface area contributed by atoms with E-state index in [4.69, 9.17) is 4.74 Å². The van der Waals surface area contributed by atoms with Crippen LogP contribution in [0.4, 0.5) is 5.69 Å². The van der Waals surface area contributed by atoms with Crippen LogP contribution in [0.2, 0.25) is 0 Å². The molecule has 0 heterocycles. The minimum absolute atomic E-state index is 0.0158. The summed E-state index contributed by atoms with van der Waals surface area (Å²) in [6, 6.07) is 25.4. The van der Waals surface area contributed by atoms with Gasteiger partial charge in [0.2, 0.25) is 15.9 Å². The average molecular weight is 423 g/mol. The van der Waals surface area contributed by atoms with Crippen LogP contribution in [-0.4, -0.2) is 20.9 Å². The van der Waals surface area contributed by atoms with Gasteiger partial charge in [-0.05, 0) is 35.9 Å². The predicted octanol–water partition coefficient (Wildman–Crippen LogP) is 4.40. The van der Waals surface area contributed by atoms with Crippen molar-refractivity contribution in [3.05, 3.63) is 95.9 Å². The Labute approximate surface area is 176 Å². The Morgan fingerprint density at radius 3 is 2.23 bits per heavy atom. The largest absolute Gasteiger partial charge is 0.455 e. The number of amides is 1. The molecule has 0 aromatic heterocycles. The highest BCUT2D eigenvalue weighted by molar-refractivity contribution is 7.92. The maximum Gasteiger partial charge on any atom is 0.233 e. The number of hydrogen-bond donors (Lipinski definition) is 2. The second-order valence-corrected chi connectivity index (χ2v) is 8.01. The van der Waals surface area contributed by atoms with Crippen molar-refractivity contribution >= 4 is 27.7 Å². The van der Waals surface area contributed by atoms with Crippen LogP contribution in [0.3, 0.4) is 0 Å². The molecule has 3 aromatic rings. The fraction of sp³-hybridized carbons (Fsp3) is 0.0870. The maximum absolute atomic E-state index is 12.3. The average Bonchev–Trinajstić information content (AvgIpc) is 2.75. The third kappa shape index (κ3) is 6.88. The Balaban J connectivity index is 1.52. The van der Waals surface area contributed by atoms with Gasteiger partial charge in [0.1, 0.15) is 5.75 Å². The number of ether oxygens (including phenoxy) is 1. The van der Waals surface area contributed by atoms with E-state index in [0.29, 0.717) is 17.2 Å². The van der Waals surface area contributed by atoms with Gasteiger partial charge in [0.05, 0.1) is 5.69 Å². The van der Waals surface area contributed by atoms with Crippen molar-refractivity contribution in [3.63, 3.8) is 0 Å². The predicted molar refractivity (Wildman–Crippen MR) is 119 cm³/mol. The molecule has 3 aromatic carbocycles. The molecule has 6 nitrogen and oxygen atoms in total.